The van der Waals surface area contributed by atoms with Crippen molar-refractivity contribution in [1.82, 2.24) is 15.0 Å². The molecular formula is C24H25N3O5S. The summed E-state index contributed by atoms with van der Waals surface area (Å²) in [4.78, 5) is 1.82. The van der Waals surface area contributed by atoms with Crippen LogP contribution in [0, 0.1) is 0 Å². The summed E-state index contributed by atoms with van der Waals surface area (Å²) in [6.07, 6.45) is 2.33. The third-order valence-corrected chi connectivity index (χ3v) is 6.12. The molecular weight excluding hydrogens is 442 g/mol. The highest BCUT2D eigenvalue weighted by atomic mass is 32.2. The van der Waals surface area contributed by atoms with Crippen molar-refractivity contribution in [3.63, 3.8) is 0 Å². The van der Waals surface area contributed by atoms with Crippen LogP contribution in [0.2, 0.25) is 0 Å². The summed E-state index contributed by atoms with van der Waals surface area (Å²) in [5.74, 6) is 1.23. The molecule has 0 aliphatic heterocycles. The van der Waals surface area contributed by atoms with Gasteiger partial charge in [0.05, 0.1) is 18.1 Å². The highest BCUT2D eigenvalue weighted by Crippen LogP contribution is 2.25. The number of aliphatic hydroxyl groups is 1. The van der Waals surface area contributed by atoms with Crippen molar-refractivity contribution >= 4 is 20.9 Å². The Balaban J connectivity index is 1.40. The van der Waals surface area contributed by atoms with Crippen LogP contribution in [-0.2, 0) is 16.3 Å². The Morgan fingerprint density at radius 1 is 0.909 bits per heavy atom. The first-order chi connectivity index (χ1) is 15.9. The molecule has 4 aromatic rings. The van der Waals surface area contributed by atoms with Crippen molar-refractivity contribution in [2.24, 2.45) is 0 Å². The van der Waals surface area contributed by atoms with Crippen LogP contribution in [0.4, 0.5) is 0 Å². The van der Waals surface area contributed by atoms with E-state index in [1.165, 1.54) is 18.4 Å². The van der Waals surface area contributed by atoms with E-state index in [0.717, 1.165) is 16.6 Å². The lowest BCUT2D eigenvalue weighted by Crippen LogP contribution is -2.09. The van der Waals surface area contributed by atoms with Gasteiger partial charge in [-0.25, -0.2) is 8.42 Å². The van der Waals surface area contributed by atoms with Crippen molar-refractivity contribution in [3.8, 4) is 17.2 Å². The van der Waals surface area contributed by atoms with Gasteiger partial charge in [-0.3, -0.25) is 0 Å². The van der Waals surface area contributed by atoms with Gasteiger partial charge in [0.2, 0.25) is 0 Å². The van der Waals surface area contributed by atoms with Crippen LogP contribution < -0.4 is 9.47 Å². The number of rotatable bonds is 10. The van der Waals surface area contributed by atoms with Gasteiger partial charge in [-0.05, 0) is 60.5 Å². The lowest BCUT2D eigenvalue weighted by atomic mass is 10.1. The Labute approximate surface area is 192 Å². The van der Waals surface area contributed by atoms with Gasteiger partial charge >= 0.3 is 0 Å². The molecule has 0 unspecified atom stereocenters. The second-order valence-electron chi connectivity index (χ2n) is 7.55. The second kappa shape index (κ2) is 10.0. The van der Waals surface area contributed by atoms with Crippen molar-refractivity contribution in [2.45, 2.75) is 17.7 Å². The summed E-state index contributed by atoms with van der Waals surface area (Å²) in [5, 5.41) is 18.4. The number of ether oxygens (including phenoxy) is 2. The van der Waals surface area contributed by atoms with E-state index in [0.29, 0.717) is 43.2 Å². The Morgan fingerprint density at radius 2 is 1.58 bits per heavy atom. The van der Waals surface area contributed by atoms with Gasteiger partial charge < -0.3 is 14.6 Å². The zero-order valence-electron chi connectivity index (χ0n) is 18.2. The Bertz CT molecular complexity index is 1300. The number of fused-ring (bicyclic) bond motifs is 1. The van der Waals surface area contributed by atoms with Crippen molar-refractivity contribution < 1.29 is 23.0 Å². The molecule has 3 aromatic carbocycles. The van der Waals surface area contributed by atoms with Crippen molar-refractivity contribution in [3.05, 3.63) is 72.3 Å². The molecule has 33 heavy (non-hydrogen) atoms. The first-order valence-electron chi connectivity index (χ1n) is 10.6. The van der Waals surface area contributed by atoms with Gasteiger partial charge in [-0.15, -0.1) is 15.0 Å². The predicted octanol–water partition coefficient (Wildman–Crippen LogP) is 3.21. The zero-order valence-corrected chi connectivity index (χ0v) is 19.0. The first kappa shape index (κ1) is 22.8. The molecule has 0 aliphatic rings. The van der Waals surface area contributed by atoms with E-state index in [1.807, 2.05) is 42.5 Å². The van der Waals surface area contributed by atoms with Gasteiger partial charge in [0.1, 0.15) is 28.2 Å². The molecule has 8 nitrogen and oxygen atoms in total. The molecule has 172 valence electrons. The monoisotopic (exact) mass is 467 g/mol. The van der Waals surface area contributed by atoms with Crippen molar-refractivity contribution in [1.29, 1.82) is 0 Å². The average Bonchev–Trinajstić information content (AvgIpc) is 3.24. The topological polar surface area (TPSA) is 104 Å². The van der Waals surface area contributed by atoms with Gasteiger partial charge in [0, 0.05) is 19.3 Å². The number of hydrogen-bond acceptors (Lipinski definition) is 7. The maximum Gasteiger partial charge on any atom is 0.175 e. The molecule has 0 atom stereocenters. The third-order valence-electron chi connectivity index (χ3n) is 4.99. The predicted molar refractivity (Wildman–Crippen MR) is 125 cm³/mol. The van der Waals surface area contributed by atoms with Crippen LogP contribution in [0.3, 0.4) is 0 Å². The lowest BCUT2D eigenvalue weighted by molar-refractivity contribution is 0.246. The SMILES string of the molecule is CS(=O)(=O)c1ccc(OCCCOc2ccc(CCO)cc2-n2nc3ccccc3n2)cc1. The fraction of sp³-hybridized carbons (Fsp3) is 0.250. The fourth-order valence-electron chi connectivity index (χ4n) is 3.31. The Kier molecular flexibility index (Phi) is 6.90. The standard InChI is InChI=1S/C24H25N3O5S/c1-33(29,30)20-10-8-19(9-11-20)31-15-4-16-32-24-12-7-18(13-14-28)17-23(24)27-25-21-5-2-3-6-22(21)26-27/h2-3,5-12,17,28H,4,13-16H2,1H3. The zero-order chi connectivity index (χ0) is 23.3. The number of aliphatic hydroxyl groups excluding tert-OH is 1. The van der Waals surface area contributed by atoms with Crippen LogP contribution >= 0.6 is 0 Å². The Morgan fingerprint density at radius 3 is 2.21 bits per heavy atom. The van der Waals surface area contributed by atoms with Gasteiger partial charge in [0.25, 0.3) is 0 Å². The molecule has 0 saturated carbocycles. The van der Waals surface area contributed by atoms with E-state index < -0.39 is 9.84 Å². The molecule has 0 bridgehead atoms. The molecule has 4 rings (SSSR count). The van der Waals surface area contributed by atoms with Gasteiger partial charge in [-0.1, -0.05) is 18.2 Å². The van der Waals surface area contributed by atoms with Crippen LogP contribution in [0.25, 0.3) is 16.7 Å². The summed E-state index contributed by atoms with van der Waals surface area (Å²) in [6, 6.07) is 19.7. The first-order valence-corrected chi connectivity index (χ1v) is 12.5. The van der Waals surface area contributed by atoms with Gasteiger partial charge in [-0.2, -0.15) is 0 Å². The summed E-state index contributed by atoms with van der Waals surface area (Å²) >= 11 is 0. The van der Waals surface area contributed by atoms with E-state index in [4.69, 9.17) is 9.47 Å². The molecule has 0 saturated heterocycles. The normalized spacial score (nSPS) is 11.6. The van der Waals surface area contributed by atoms with E-state index in [1.54, 1.807) is 16.9 Å². The molecule has 9 heteroatoms. The van der Waals surface area contributed by atoms with E-state index in [-0.39, 0.29) is 11.5 Å². The van der Waals surface area contributed by atoms with E-state index in [2.05, 4.69) is 10.2 Å². The van der Waals surface area contributed by atoms with Gasteiger partial charge in [0.15, 0.2) is 9.84 Å². The number of nitrogens with zero attached hydrogens (tertiary/aromatic N) is 3. The molecule has 1 heterocycles. The summed E-state index contributed by atoms with van der Waals surface area (Å²) < 4.78 is 34.8. The van der Waals surface area contributed by atoms with Crippen LogP contribution in [0.5, 0.6) is 11.5 Å². The highest BCUT2D eigenvalue weighted by Gasteiger charge is 2.12. The largest absolute Gasteiger partial charge is 0.493 e. The average molecular weight is 468 g/mol. The summed E-state index contributed by atoms with van der Waals surface area (Å²) in [6.45, 7) is 0.880. The number of hydrogen-bond donors (Lipinski definition) is 1. The van der Waals surface area contributed by atoms with Crippen LogP contribution in [0.1, 0.15) is 12.0 Å². The quantitative estimate of drug-likeness (QED) is 0.357. The van der Waals surface area contributed by atoms with Crippen LogP contribution in [-0.4, -0.2) is 54.6 Å². The minimum atomic E-state index is -3.22. The molecule has 1 aromatic heterocycles. The molecule has 0 amide bonds. The molecule has 0 spiro atoms. The summed E-state index contributed by atoms with van der Waals surface area (Å²) in [5.41, 5.74) is 3.23. The number of sulfone groups is 1. The van der Waals surface area contributed by atoms with Crippen molar-refractivity contribution in [2.75, 3.05) is 26.1 Å². The molecule has 0 radical (unpaired) electrons. The third kappa shape index (κ3) is 5.68. The Hall–Kier alpha value is -3.43. The molecule has 0 fully saturated rings. The van der Waals surface area contributed by atoms with E-state index in [9.17, 15) is 13.5 Å². The molecule has 0 aliphatic carbocycles. The fourth-order valence-corrected chi connectivity index (χ4v) is 3.94. The maximum absolute atomic E-state index is 11.5. The lowest BCUT2D eigenvalue weighted by Gasteiger charge is -2.13. The highest BCUT2D eigenvalue weighted by molar-refractivity contribution is 7.90. The summed E-state index contributed by atoms with van der Waals surface area (Å²) in [7, 11) is -3.22. The van der Waals surface area contributed by atoms with Crippen LogP contribution in [0.15, 0.2) is 71.6 Å². The van der Waals surface area contributed by atoms with E-state index >= 15 is 0 Å². The number of aromatic nitrogens is 3. The molecule has 1 N–H and O–H groups in total. The maximum atomic E-state index is 11.5. The number of benzene rings is 3. The smallest absolute Gasteiger partial charge is 0.175 e. The second-order valence-corrected chi connectivity index (χ2v) is 9.56. The minimum Gasteiger partial charge on any atom is -0.493 e. The minimum absolute atomic E-state index is 0.0522.